The number of rotatable bonds is 6. The van der Waals surface area contributed by atoms with Crippen molar-refractivity contribution < 1.29 is 14.3 Å². The Kier molecular flexibility index (Phi) is 5.73. The van der Waals surface area contributed by atoms with Gasteiger partial charge in [0, 0.05) is 12.2 Å². The predicted molar refractivity (Wildman–Crippen MR) is 101 cm³/mol. The Morgan fingerprint density at radius 3 is 2.30 bits per heavy atom. The minimum atomic E-state index is -0.396. The maximum atomic E-state index is 12.1. The number of nitrogens with zero attached hydrogens (tertiary/aromatic N) is 2. The highest BCUT2D eigenvalue weighted by Crippen LogP contribution is 2.15. The second-order valence-corrected chi connectivity index (χ2v) is 5.67. The highest BCUT2D eigenvalue weighted by Gasteiger charge is 2.09. The van der Waals surface area contributed by atoms with Gasteiger partial charge < -0.3 is 15.4 Å². The van der Waals surface area contributed by atoms with Crippen molar-refractivity contribution in [2.75, 3.05) is 12.4 Å². The van der Waals surface area contributed by atoms with Gasteiger partial charge in [-0.05, 0) is 42.0 Å². The maximum absolute atomic E-state index is 12.1. The van der Waals surface area contributed by atoms with E-state index in [-0.39, 0.29) is 11.6 Å². The first kappa shape index (κ1) is 18.1. The van der Waals surface area contributed by atoms with Gasteiger partial charge in [-0.25, -0.2) is 4.79 Å². The number of hydrogen-bond acceptors (Lipinski definition) is 6. The zero-order chi connectivity index (χ0) is 19.1. The maximum Gasteiger partial charge on any atom is 0.337 e. The van der Waals surface area contributed by atoms with E-state index >= 15 is 0 Å². The van der Waals surface area contributed by atoms with Crippen molar-refractivity contribution in [1.82, 2.24) is 15.5 Å². The number of carbonyl (C=O) groups is 2. The second kappa shape index (κ2) is 8.57. The van der Waals surface area contributed by atoms with Crippen LogP contribution in [0.3, 0.4) is 0 Å². The molecule has 0 aliphatic carbocycles. The lowest BCUT2D eigenvalue weighted by molar-refractivity contribution is 0.0600. The molecule has 3 aromatic rings. The third kappa shape index (κ3) is 4.88. The lowest BCUT2D eigenvalue weighted by Crippen LogP contribution is -2.24. The van der Waals surface area contributed by atoms with Gasteiger partial charge in [-0.3, -0.25) is 4.79 Å². The number of aromatic nitrogens is 2. The van der Waals surface area contributed by atoms with Gasteiger partial charge in [-0.15, -0.1) is 10.2 Å². The van der Waals surface area contributed by atoms with Crippen LogP contribution in [-0.4, -0.2) is 29.2 Å². The van der Waals surface area contributed by atoms with Crippen molar-refractivity contribution in [2.45, 2.75) is 6.54 Å². The van der Waals surface area contributed by atoms with Gasteiger partial charge in [0.25, 0.3) is 5.91 Å². The third-order valence-corrected chi connectivity index (χ3v) is 3.77. The van der Waals surface area contributed by atoms with Gasteiger partial charge >= 0.3 is 5.97 Å². The summed E-state index contributed by atoms with van der Waals surface area (Å²) in [5.74, 6) is -0.201. The number of ether oxygens (including phenoxy) is 1. The molecule has 1 aromatic heterocycles. The van der Waals surface area contributed by atoms with E-state index < -0.39 is 5.97 Å². The number of anilines is 2. The Morgan fingerprint density at radius 1 is 0.926 bits per heavy atom. The number of methoxy groups -OCH3 is 1. The van der Waals surface area contributed by atoms with Crippen LogP contribution >= 0.6 is 0 Å². The number of hydrogen-bond donors (Lipinski definition) is 2. The summed E-state index contributed by atoms with van der Waals surface area (Å²) in [5, 5.41) is 13.8. The van der Waals surface area contributed by atoms with Gasteiger partial charge in [-0.2, -0.15) is 0 Å². The summed E-state index contributed by atoms with van der Waals surface area (Å²) in [6.07, 6.45) is 0. The quantitative estimate of drug-likeness (QED) is 0.655. The Hall–Kier alpha value is -3.74. The Balaban J connectivity index is 1.58. The van der Waals surface area contributed by atoms with E-state index in [1.807, 2.05) is 30.3 Å². The van der Waals surface area contributed by atoms with Crippen molar-refractivity contribution in [3.63, 3.8) is 0 Å². The molecule has 0 bridgehead atoms. The first-order valence-corrected chi connectivity index (χ1v) is 8.27. The zero-order valence-corrected chi connectivity index (χ0v) is 14.7. The molecule has 0 aliphatic rings. The molecule has 27 heavy (non-hydrogen) atoms. The largest absolute Gasteiger partial charge is 0.465 e. The number of benzene rings is 2. The third-order valence-electron chi connectivity index (χ3n) is 3.77. The molecule has 7 heteroatoms. The van der Waals surface area contributed by atoms with E-state index in [0.29, 0.717) is 17.9 Å². The summed E-state index contributed by atoms with van der Waals surface area (Å²) in [7, 11) is 1.33. The Morgan fingerprint density at radius 2 is 1.67 bits per heavy atom. The number of carbonyl (C=O) groups excluding carboxylic acids is 2. The van der Waals surface area contributed by atoms with Crippen LogP contribution in [0.4, 0.5) is 11.5 Å². The van der Waals surface area contributed by atoms with Crippen LogP contribution in [0.5, 0.6) is 0 Å². The minimum absolute atomic E-state index is 0.234. The summed E-state index contributed by atoms with van der Waals surface area (Å²) in [4.78, 5) is 23.6. The second-order valence-electron chi connectivity index (χ2n) is 5.67. The Labute approximate surface area is 156 Å². The van der Waals surface area contributed by atoms with E-state index in [2.05, 4.69) is 25.6 Å². The molecule has 0 unspecified atom stereocenters. The molecule has 7 nitrogen and oxygen atoms in total. The average molecular weight is 362 g/mol. The fourth-order valence-electron chi connectivity index (χ4n) is 2.34. The smallest absolute Gasteiger partial charge is 0.337 e. The molecular formula is C20H18N4O3. The summed E-state index contributed by atoms with van der Waals surface area (Å²) in [6, 6.07) is 19.6. The SMILES string of the molecule is COC(=O)c1ccc(Nc2ccc(C(=O)NCc3ccccc3)nn2)cc1. The summed E-state index contributed by atoms with van der Waals surface area (Å²) in [6.45, 7) is 0.425. The molecule has 2 aromatic carbocycles. The number of esters is 1. The molecule has 0 saturated heterocycles. The van der Waals surface area contributed by atoms with Crippen molar-refractivity contribution in [2.24, 2.45) is 0 Å². The van der Waals surface area contributed by atoms with Gasteiger partial charge in [0.05, 0.1) is 12.7 Å². The fourth-order valence-corrected chi connectivity index (χ4v) is 2.34. The van der Waals surface area contributed by atoms with E-state index in [1.165, 1.54) is 7.11 Å². The summed E-state index contributed by atoms with van der Waals surface area (Å²) < 4.78 is 4.66. The molecule has 1 amide bonds. The van der Waals surface area contributed by atoms with Crippen LogP contribution in [0.1, 0.15) is 26.4 Å². The van der Waals surface area contributed by atoms with Crippen molar-refractivity contribution in [3.05, 3.63) is 83.6 Å². The summed E-state index contributed by atoms with van der Waals surface area (Å²) in [5.41, 5.74) is 2.43. The van der Waals surface area contributed by atoms with Crippen LogP contribution in [-0.2, 0) is 11.3 Å². The molecule has 1 heterocycles. The highest BCUT2D eigenvalue weighted by atomic mass is 16.5. The molecule has 0 spiro atoms. The van der Waals surface area contributed by atoms with Gasteiger partial charge in [0.15, 0.2) is 11.5 Å². The average Bonchev–Trinajstić information content (AvgIpc) is 2.73. The monoisotopic (exact) mass is 362 g/mol. The molecule has 0 saturated carbocycles. The van der Waals surface area contributed by atoms with Gasteiger partial charge in [-0.1, -0.05) is 30.3 Å². The van der Waals surface area contributed by atoms with Crippen LogP contribution in [0, 0.1) is 0 Å². The van der Waals surface area contributed by atoms with E-state index in [4.69, 9.17) is 0 Å². The molecule has 0 aliphatic heterocycles. The molecular weight excluding hydrogens is 344 g/mol. The van der Waals surface area contributed by atoms with Crippen LogP contribution in [0.2, 0.25) is 0 Å². The first-order chi connectivity index (χ1) is 13.2. The lowest BCUT2D eigenvalue weighted by atomic mass is 10.2. The van der Waals surface area contributed by atoms with E-state index in [1.54, 1.807) is 36.4 Å². The van der Waals surface area contributed by atoms with E-state index in [9.17, 15) is 9.59 Å². The van der Waals surface area contributed by atoms with E-state index in [0.717, 1.165) is 11.3 Å². The molecule has 0 fully saturated rings. The zero-order valence-electron chi connectivity index (χ0n) is 14.7. The molecule has 0 radical (unpaired) electrons. The molecule has 0 atom stereocenters. The predicted octanol–water partition coefficient (Wildman–Crippen LogP) is 2.94. The lowest BCUT2D eigenvalue weighted by Gasteiger charge is -2.07. The number of amides is 1. The Bertz CT molecular complexity index is 910. The molecule has 136 valence electrons. The normalized spacial score (nSPS) is 10.1. The topological polar surface area (TPSA) is 93.2 Å². The fraction of sp³-hybridized carbons (Fsp3) is 0.100. The van der Waals surface area contributed by atoms with Gasteiger partial charge in [0.1, 0.15) is 0 Å². The van der Waals surface area contributed by atoms with Crippen molar-refractivity contribution in [1.29, 1.82) is 0 Å². The molecule has 3 rings (SSSR count). The first-order valence-electron chi connectivity index (χ1n) is 8.27. The van der Waals surface area contributed by atoms with Crippen molar-refractivity contribution >= 4 is 23.4 Å². The summed E-state index contributed by atoms with van der Waals surface area (Å²) >= 11 is 0. The minimum Gasteiger partial charge on any atom is -0.465 e. The van der Waals surface area contributed by atoms with Crippen LogP contribution < -0.4 is 10.6 Å². The molecule has 2 N–H and O–H groups in total. The van der Waals surface area contributed by atoms with Crippen LogP contribution in [0.25, 0.3) is 0 Å². The van der Waals surface area contributed by atoms with Crippen molar-refractivity contribution in [3.8, 4) is 0 Å². The number of nitrogens with one attached hydrogen (secondary N) is 2. The van der Waals surface area contributed by atoms with Gasteiger partial charge in [0.2, 0.25) is 0 Å². The van der Waals surface area contributed by atoms with Crippen LogP contribution in [0.15, 0.2) is 66.7 Å². The standard InChI is InChI=1S/C20H18N4O3/c1-27-20(26)15-7-9-16(10-8-15)22-18-12-11-17(23-24-18)19(25)21-13-14-5-3-2-4-6-14/h2-12H,13H2,1H3,(H,21,25)(H,22,24). The highest BCUT2D eigenvalue weighted by molar-refractivity contribution is 5.92.